The average molecular weight is 647 g/mol. The largest absolute Gasteiger partial charge is 0.463 e. The van der Waals surface area contributed by atoms with Crippen molar-refractivity contribution in [1.29, 1.82) is 0 Å². The predicted molar refractivity (Wildman–Crippen MR) is 168 cm³/mol. The number of esters is 1. The molecule has 0 N–H and O–H groups in total. The fourth-order valence-electron chi connectivity index (χ4n) is 5.11. The molecule has 5 aromatic rings. The lowest BCUT2D eigenvalue weighted by molar-refractivity contribution is -0.139. The normalized spacial score (nSPS) is 15.1. The van der Waals surface area contributed by atoms with E-state index in [4.69, 9.17) is 14.1 Å². The molecule has 1 aliphatic rings. The number of hydrogen-bond donors (Lipinski definition) is 0. The summed E-state index contributed by atoms with van der Waals surface area (Å²) in [5, 5.41) is 0. The highest BCUT2D eigenvalue weighted by Gasteiger charge is 2.35. The molecule has 228 valence electrons. The van der Waals surface area contributed by atoms with Crippen LogP contribution >= 0.6 is 23.1 Å². The third kappa shape index (κ3) is 6.05. The number of nitrogens with zero attached hydrogens (tertiary/aromatic N) is 2. The van der Waals surface area contributed by atoms with E-state index in [0.717, 1.165) is 28.4 Å². The Morgan fingerprint density at radius 2 is 1.76 bits per heavy atom. The van der Waals surface area contributed by atoms with Crippen molar-refractivity contribution in [3.05, 3.63) is 139 Å². The van der Waals surface area contributed by atoms with Crippen LogP contribution in [0, 0.1) is 0 Å². The maximum absolute atomic E-state index is 14.1. The van der Waals surface area contributed by atoms with E-state index in [1.54, 1.807) is 30.8 Å². The molecule has 0 saturated carbocycles. The Hall–Kier alpha value is -4.61. The van der Waals surface area contributed by atoms with Crippen LogP contribution in [-0.2, 0) is 15.7 Å². The van der Waals surface area contributed by atoms with Gasteiger partial charge in [0.05, 0.1) is 34.0 Å². The van der Waals surface area contributed by atoms with Gasteiger partial charge in [0.2, 0.25) is 0 Å². The number of halogens is 3. The molecule has 0 radical (unpaired) electrons. The molecule has 0 spiro atoms. The van der Waals surface area contributed by atoms with Crippen molar-refractivity contribution in [3.8, 4) is 11.3 Å². The van der Waals surface area contributed by atoms with Crippen molar-refractivity contribution < 1.29 is 27.1 Å². The smallest absolute Gasteiger partial charge is 0.416 e. The van der Waals surface area contributed by atoms with Crippen molar-refractivity contribution in [1.82, 2.24) is 4.57 Å². The highest BCUT2D eigenvalue weighted by molar-refractivity contribution is 7.98. The molecule has 11 heteroatoms. The van der Waals surface area contributed by atoms with E-state index in [1.165, 1.54) is 22.8 Å². The van der Waals surface area contributed by atoms with Crippen LogP contribution in [0.5, 0.6) is 0 Å². The summed E-state index contributed by atoms with van der Waals surface area (Å²) in [6.45, 7) is 1.86. The number of ether oxygens (including phenoxy) is 1. The number of thioether (sulfide) groups is 1. The first-order valence-electron chi connectivity index (χ1n) is 13.9. The van der Waals surface area contributed by atoms with E-state index in [9.17, 15) is 22.8 Å². The Morgan fingerprint density at radius 1 is 1.02 bits per heavy atom. The Labute approximate surface area is 263 Å². The number of furan rings is 1. The van der Waals surface area contributed by atoms with E-state index in [2.05, 4.69) is 0 Å². The zero-order valence-electron chi connectivity index (χ0n) is 24.0. The molecule has 3 aromatic carbocycles. The van der Waals surface area contributed by atoms with Crippen molar-refractivity contribution in [2.24, 2.45) is 4.99 Å². The number of hydrogen-bond acceptors (Lipinski definition) is 7. The third-order valence-electron chi connectivity index (χ3n) is 7.18. The molecule has 0 fully saturated rings. The zero-order chi connectivity index (χ0) is 31.7. The molecule has 45 heavy (non-hydrogen) atoms. The van der Waals surface area contributed by atoms with Gasteiger partial charge in [0, 0.05) is 22.1 Å². The summed E-state index contributed by atoms with van der Waals surface area (Å²) < 4.78 is 52.9. The fourth-order valence-corrected chi connectivity index (χ4v) is 6.49. The van der Waals surface area contributed by atoms with Gasteiger partial charge in [-0.25, -0.2) is 9.79 Å². The number of carbonyl (C=O) groups is 1. The summed E-state index contributed by atoms with van der Waals surface area (Å²) in [6, 6.07) is 24.0. The van der Waals surface area contributed by atoms with Crippen LogP contribution < -0.4 is 14.9 Å². The Bertz CT molecular complexity index is 2090. The Morgan fingerprint density at radius 3 is 2.44 bits per heavy atom. The van der Waals surface area contributed by atoms with Crippen LogP contribution in [0.25, 0.3) is 23.1 Å². The molecule has 0 aliphatic carbocycles. The predicted octanol–water partition coefficient (Wildman–Crippen LogP) is 6.94. The highest BCUT2D eigenvalue weighted by atomic mass is 32.2. The first kappa shape index (κ1) is 30.4. The number of benzene rings is 3. The molecular formula is C34H25F3N2O4S2. The lowest BCUT2D eigenvalue weighted by Crippen LogP contribution is -2.40. The maximum atomic E-state index is 14.1. The minimum Gasteiger partial charge on any atom is -0.463 e. The van der Waals surface area contributed by atoms with Crippen molar-refractivity contribution in [3.63, 3.8) is 0 Å². The van der Waals surface area contributed by atoms with Crippen LogP contribution in [-0.4, -0.2) is 23.4 Å². The van der Waals surface area contributed by atoms with Gasteiger partial charge in [-0.2, -0.15) is 13.2 Å². The average Bonchev–Trinajstić information content (AvgIpc) is 3.64. The highest BCUT2D eigenvalue weighted by Crippen LogP contribution is 2.36. The lowest BCUT2D eigenvalue weighted by Gasteiger charge is -2.26. The molecule has 2 aromatic heterocycles. The quantitative estimate of drug-likeness (QED) is 0.142. The summed E-state index contributed by atoms with van der Waals surface area (Å²) in [4.78, 5) is 33.9. The van der Waals surface area contributed by atoms with E-state index in [1.807, 2.05) is 60.9 Å². The minimum atomic E-state index is -4.49. The Kier molecular flexibility index (Phi) is 8.39. The van der Waals surface area contributed by atoms with Gasteiger partial charge in [-0.1, -0.05) is 65.9 Å². The summed E-state index contributed by atoms with van der Waals surface area (Å²) in [7, 11) is 0. The van der Waals surface area contributed by atoms with Gasteiger partial charge in [0.15, 0.2) is 4.80 Å². The van der Waals surface area contributed by atoms with Gasteiger partial charge >= 0.3 is 12.1 Å². The molecule has 1 unspecified atom stereocenters. The fraction of sp³-hybridized carbons (Fsp3) is 0.147. The first-order chi connectivity index (χ1) is 21.7. The number of rotatable bonds is 7. The second kappa shape index (κ2) is 12.4. The molecule has 1 aliphatic heterocycles. The number of thiazole rings is 1. The lowest BCUT2D eigenvalue weighted by atomic mass is 9.93. The number of carbonyl (C=O) groups excluding carboxylic acids is 1. The van der Waals surface area contributed by atoms with Crippen LogP contribution in [0.2, 0.25) is 0 Å². The molecule has 1 atom stereocenters. The Balaban J connectivity index is 1.52. The van der Waals surface area contributed by atoms with Gasteiger partial charge in [-0.15, -0.1) is 11.8 Å². The minimum absolute atomic E-state index is 0.139. The first-order valence-corrected chi connectivity index (χ1v) is 15.9. The number of aromatic nitrogens is 1. The van der Waals surface area contributed by atoms with Gasteiger partial charge in [-0.3, -0.25) is 9.36 Å². The van der Waals surface area contributed by atoms with E-state index < -0.39 is 29.3 Å². The summed E-state index contributed by atoms with van der Waals surface area (Å²) >= 11 is 2.70. The van der Waals surface area contributed by atoms with E-state index in [-0.39, 0.29) is 33.8 Å². The third-order valence-corrected chi connectivity index (χ3v) is 8.91. The second-order valence-electron chi connectivity index (χ2n) is 9.99. The van der Waals surface area contributed by atoms with Crippen LogP contribution in [0.3, 0.4) is 0 Å². The molecule has 0 saturated heterocycles. The molecule has 6 rings (SSSR count). The van der Waals surface area contributed by atoms with Crippen molar-refractivity contribution >= 4 is 40.8 Å². The summed E-state index contributed by atoms with van der Waals surface area (Å²) in [5.41, 5.74) is 1.12. The SMILES string of the molecule is CCOC(=O)C1=C(c2ccccc2)N=c2s/c(=C/c3ccc(-c4cccc(C(F)(F)F)c4)o3)c(=O)n2C1c1ccc(SC)cc1. The van der Waals surface area contributed by atoms with Crippen LogP contribution in [0.1, 0.15) is 35.4 Å². The van der Waals surface area contributed by atoms with Crippen LogP contribution in [0.4, 0.5) is 13.2 Å². The van der Waals surface area contributed by atoms with Crippen LogP contribution in [0.15, 0.2) is 116 Å². The zero-order valence-corrected chi connectivity index (χ0v) is 25.6. The topological polar surface area (TPSA) is 73.8 Å². The van der Waals surface area contributed by atoms with Gasteiger partial charge in [0.1, 0.15) is 11.5 Å². The maximum Gasteiger partial charge on any atom is 0.416 e. The van der Waals surface area contributed by atoms with E-state index in [0.29, 0.717) is 21.6 Å². The summed E-state index contributed by atoms with van der Waals surface area (Å²) in [6.07, 6.45) is -0.999. The molecule has 6 nitrogen and oxygen atoms in total. The monoisotopic (exact) mass is 646 g/mol. The molecule has 0 amide bonds. The molecule has 0 bridgehead atoms. The molecular weight excluding hydrogens is 622 g/mol. The van der Waals surface area contributed by atoms with Gasteiger partial charge in [-0.05, 0) is 55.1 Å². The standard InChI is InChI=1S/C34H25F3N2O4S2/c1-3-42-32(41)28-29(20-8-5-4-6-9-20)38-33-39(30(28)21-12-15-25(44-2)16-13-21)31(40)27(45-33)19-24-14-17-26(43-24)22-10-7-11-23(18-22)34(35,36)37/h4-19,30H,3H2,1-2H3/b27-19+. The van der Waals surface area contributed by atoms with E-state index >= 15 is 0 Å². The number of fused-ring (bicyclic) bond motifs is 1. The second-order valence-corrected chi connectivity index (χ2v) is 11.9. The van der Waals surface area contributed by atoms with Gasteiger partial charge < -0.3 is 9.15 Å². The molecule has 3 heterocycles. The summed E-state index contributed by atoms with van der Waals surface area (Å²) in [5.74, 6) is -0.0747. The number of alkyl halides is 3. The van der Waals surface area contributed by atoms with Crippen molar-refractivity contribution in [2.75, 3.05) is 12.9 Å². The van der Waals surface area contributed by atoms with Crippen molar-refractivity contribution in [2.45, 2.75) is 24.0 Å². The van der Waals surface area contributed by atoms with Gasteiger partial charge in [0.25, 0.3) is 5.56 Å².